The Labute approximate surface area is 82.4 Å². The molecular formula is C11H13FO2. The Morgan fingerprint density at radius 2 is 2.00 bits per heavy atom. The molecule has 0 aliphatic heterocycles. The SMILES string of the molecule is Cc1ccccc1C(C)C(F)C(=O)O. The Morgan fingerprint density at radius 3 is 2.50 bits per heavy atom. The fourth-order valence-corrected chi connectivity index (χ4v) is 1.47. The number of halogens is 1. The Hall–Kier alpha value is -1.38. The van der Waals surface area contributed by atoms with Crippen molar-refractivity contribution in [2.45, 2.75) is 25.9 Å². The van der Waals surface area contributed by atoms with Gasteiger partial charge in [-0.05, 0) is 18.1 Å². The van der Waals surface area contributed by atoms with Crippen molar-refractivity contribution in [3.8, 4) is 0 Å². The van der Waals surface area contributed by atoms with Crippen LogP contribution in [0.25, 0.3) is 0 Å². The molecule has 1 N–H and O–H groups in total. The minimum absolute atomic E-state index is 0.603. The smallest absolute Gasteiger partial charge is 0.338 e. The van der Waals surface area contributed by atoms with Crippen molar-refractivity contribution in [3.63, 3.8) is 0 Å². The summed E-state index contributed by atoms with van der Waals surface area (Å²) in [5.74, 6) is -2.01. The molecule has 0 aromatic heterocycles. The number of aryl methyl sites for hydroxylation is 1. The molecule has 0 fully saturated rings. The molecule has 2 unspecified atom stereocenters. The van der Waals surface area contributed by atoms with Gasteiger partial charge in [0.15, 0.2) is 0 Å². The lowest BCUT2D eigenvalue weighted by molar-refractivity contribution is -0.143. The molecule has 0 saturated carbocycles. The number of alkyl halides is 1. The van der Waals surface area contributed by atoms with Gasteiger partial charge in [0.25, 0.3) is 0 Å². The quantitative estimate of drug-likeness (QED) is 0.806. The van der Waals surface area contributed by atoms with E-state index >= 15 is 0 Å². The molecule has 0 saturated heterocycles. The van der Waals surface area contributed by atoms with Crippen molar-refractivity contribution in [1.82, 2.24) is 0 Å². The molecule has 1 aromatic carbocycles. The lowest BCUT2D eigenvalue weighted by atomic mass is 9.93. The largest absolute Gasteiger partial charge is 0.479 e. The fourth-order valence-electron chi connectivity index (χ4n) is 1.47. The lowest BCUT2D eigenvalue weighted by Gasteiger charge is -2.15. The zero-order valence-electron chi connectivity index (χ0n) is 8.20. The second kappa shape index (κ2) is 4.22. The summed E-state index contributed by atoms with van der Waals surface area (Å²) in [4.78, 5) is 10.5. The minimum Gasteiger partial charge on any atom is -0.479 e. The van der Waals surface area contributed by atoms with Crippen molar-refractivity contribution in [1.29, 1.82) is 0 Å². The Bertz CT molecular complexity index is 336. The van der Waals surface area contributed by atoms with Crippen LogP contribution in [0.3, 0.4) is 0 Å². The van der Waals surface area contributed by atoms with Gasteiger partial charge in [-0.15, -0.1) is 0 Å². The summed E-state index contributed by atoms with van der Waals surface area (Å²) in [5, 5.41) is 8.53. The highest BCUT2D eigenvalue weighted by molar-refractivity contribution is 5.73. The summed E-state index contributed by atoms with van der Waals surface area (Å²) >= 11 is 0. The number of carboxylic acids is 1. The molecule has 76 valence electrons. The van der Waals surface area contributed by atoms with Crippen LogP contribution < -0.4 is 0 Å². The van der Waals surface area contributed by atoms with Crippen LogP contribution >= 0.6 is 0 Å². The number of carbonyl (C=O) groups is 1. The average molecular weight is 196 g/mol. The second-order valence-electron chi connectivity index (χ2n) is 3.39. The third-order valence-corrected chi connectivity index (χ3v) is 2.35. The van der Waals surface area contributed by atoms with Crippen molar-refractivity contribution in [2.75, 3.05) is 0 Å². The molecule has 0 bridgehead atoms. The van der Waals surface area contributed by atoms with Gasteiger partial charge in [0.1, 0.15) is 0 Å². The topological polar surface area (TPSA) is 37.3 Å². The molecule has 1 aromatic rings. The predicted molar refractivity (Wildman–Crippen MR) is 52.1 cm³/mol. The minimum atomic E-state index is -1.84. The molecule has 0 heterocycles. The van der Waals surface area contributed by atoms with Crippen LogP contribution in [0, 0.1) is 6.92 Å². The summed E-state index contributed by atoms with van der Waals surface area (Å²) in [6.07, 6.45) is -1.84. The second-order valence-corrected chi connectivity index (χ2v) is 3.39. The van der Waals surface area contributed by atoms with E-state index < -0.39 is 18.1 Å². The van der Waals surface area contributed by atoms with Crippen LogP contribution in [0.15, 0.2) is 24.3 Å². The monoisotopic (exact) mass is 196 g/mol. The van der Waals surface area contributed by atoms with Gasteiger partial charge in [-0.25, -0.2) is 9.18 Å². The molecule has 3 heteroatoms. The van der Waals surface area contributed by atoms with Crippen LogP contribution in [0.4, 0.5) is 4.39 Å². The zero-order valence-corrected chi connectivity index (χ0v) is 8.20. The summed E-state index contributed by atoms with van der Waals surface area (Å²) in [6, 6.07) is 7.24. The zero-order chi connectivity index (χ0) is 10.7. The van der Waals surface area contributed by atoms with Gasteiger partial charge < -0.3 is 5.11 Å². The summed E-state index contributed by atoms with van der Waals surface area (Å²) in [5.41, 5.74) is 1.67. The maximum atomic E-state index is 13.2. The molecule has 0 amide bonds. The molecule has 0 aliphatic carbocycles. The molecule has 0 radical (unpaired) electrons. The van der Waals surface area contributed by atoms with E-state index in [0.717, 1.165) is 11.1 Å². The standard InChI is InChI=1S/C11H13FO2/c1-7-5-3-4-6-9(7)8(2)10(12)11(13)14/h3-6,8,10H,1-2H3,(H,13,14). The van der Waals surface area contributed by atoms with Crippen LogP contribution in [0.5, 0.6) is 0 Å². The van der Waals surface area contributed by atoms with Crippen molar-refractivity contribution in [2.24, 2.45) is 0 Å². The summed E-state index contributed by atoms with van der Waals surface area (Å²) in [7, 11) is 0. The predicted octanol–water partition coefficient (Wildman–Crippen LogP) is 2.52. The Balaban J connectivity index is 2.94. The first-order valence-corrected chi connectivity index (χ1v) is 4.46. The first-order valence-electron chi connectivity index (χ1n) is 4.46. The van der Waals surface area contributed by atoms with Crippen LogP contribution in [-0.2, 0) is 4.79 Å². The highest BCUT2D eigenvalue weighted by atomic mass is 19.1. The number of hydrogen-bond acceptors (Lipinski definition) is 1. The van der Waals surface area contributed by atoms with Gasteiger partial charge in [0.2, 0.25) is 6.17 Å². The van der Waals surface area contributed by atoms with E-state index in [1.807, 2.05) is 19.1 Å². The number of hydrogen-bond donors (Lipinski definition) is 1. The highest BCUT2D eigenvalue weighted by Crippen LogP contribution is 2.24. The van der Waals surface area contributed by atoms with Gasteiger partial charge in [0.05, 0.1) is 0 Å². The van der Waals surface area contributed by atoms with Gasteiger partial charge in [-0.3, -0.25) is 0 Å². The molecule has 2 nitrogen and oxygen atoms in total. The first kappa shape index (κ1) is 10.7. The molecule has 2 atom stereocenters. The van der Waals surface area contributed by atoms with E-state index in [1.54, 1.807) is 19.1 Å². The Kier molecular flexibility index (Phi) is 3.23. The normalized spacial score (nSPS) is 14.8. The summed E-state index contributed by atoms with van der Waals surface area (Å²) in [6.45, 7) is 3.43. The third-order valence-electron chi connectivity index (χ3n) is 2.35. The van der Waals surface area contributed by atoms with Crippen molar-refractivity contribution < 1.29 is 14.3 Å². The van der Waals surface area contributed by atoms with Gasteiger partial charge in [-0.1, -0.05) is 31.2 Å². The number of aliphatic carboxylic acids is 1. The van der Waals surface area contributed by atoms with E-state index in [1.165, 1.54) is 0 Å². The van der Waals surface area contributed by atoms with E-state index in [2.05, 4.69) is 0 Å². The van der Waals surface area contributed by atoms with Crippen molar-refractivity contribution in [3.05, 3.63) is 35.4 Å². The van der Waals surface area contributed by atoms with Gasteiger partial charge >= 0.3 is 5.97 Å². The average Bonchev–Trinajstić information content (AvgIpc) is 2.16. The van der Waals surface area contributed by atoms with Crippen LogP contribution in [-0.4, -0.2) is 17.2 Å². The maximum absolute atomic E-state index is 13.2. The highest BCUT2D eigenvalue weighted by Gasteiger charge is 2.25. The maximum Gasteiger partial charge on any atom is 0.338 e. The van der Waals surface area contributed by atoms with E-state index in [9.17, 15) is 9.18 Å². The van der Waals surface area contributed by atoms with E-state index in [0.29, 0.717) is 0 Å². The molecule has 0 aliphatic rings. The molecule has 1 rings (SSSR count). The van der Waals surface area contributed by atoms with Crippen LogP contribution in [0.2, 0.25) is 0 Å². The number of carboxylic acid groups (broad SMARTS) is 1. The van der Waals surface area contributed by atoms with Gasteiger partial charge in [0, 0.05) is 5.92 Å². The molecule has 14 heavy (non-hydrogen) atoms. The summed E-state index contributed by atoms with van der Waals surface area (Å²) < 4.78 is 13.2. The molecule has 0 spiro atoms. The fraction of sp³-hybridized carbons (Fsp3) is 0.364. The lowest BCUT2D eigenvalue weighted by Crippen LogP contribution is -2.21. The molecular weight excluding hydrogens is 183 g/mol. The third kappa shape index (κ3) is 2.10. The van der Waals surface area contributed by atoms with E-state index in [-0.39, 0.29) is 0 Å². The van der Waals surface area contributed by atoms with Crippen LogP contribution in [0.1, 0.15) is 24.0 Å². The number of benzene rings is 1. The number of rotatable bonds is 3. The van der Waals surface area contributed by atoms with Crippen molar-refractivity contribution >= 4 is 5.97 Å². The van der Waals surface area contributed by atoms with Gasteiger partial charge in [-0.2, -0.15) is 0 Å². The first-order chi connectivity index (χ1) is 6.54. The Morgan fingerprint density at radius 1 is 1.43 bits per heavy atom. The van der Waals surface area contributed by atoms with E-state index in [4.69, 9.17) is 5.11 Å².